The highest BCUT2D eigenvalue weighted by Crippen LogP contribution is 2.27. The Hall–Kier alpha value is -1.52. The number of benzene rings is 1. The van der Waals surface area contributed by atoms with Gasteiger partial charge in [-0.2, -0.15) is 0 Å². The van der Waals surface area contributed by atoms with Gasteiger partial charge in [0.25, 0.3) is 0 Å². The predicted octanol–water partition coefficient (Wildman–Crippen LogP) is 0.638. The third-order valence-corrected chi connectivity index (χ3v) is 6.38. The largest absolute Gasteiger partial charge is 0.376 e. The van der Waals surface area contributed by atoms with Gasteiger partial charge >= 0.3 is 0 Å². The van der Waals surface area contributed by atoms with Crippen molar-refractivity contribution in [1.82, 2.24) is 21.4 Å². The van der Waals surface area contributed by atoms with Gasteiger partial charge in [-0.25, -0.2) is 5.43 Å². The number of carbonyl (C=O) groups excluding carboxylic acids is 2. The van der Waals surface area contributed by atoms with E-state index in [1.165, 1.54) is 11.8 Å². The number of ether oxygens (including phenoxy) is 1. The quantitative estimate of drug-likeness (QED) is 0.531. The van der Waals surface area contributed by atoms with Gasteiger partial charge < -0.3 is 15.4 Å². The minimum atomic E-state index is -0.336. The third-order valence-electron chi connectivity index (χ3n) is 5.11. The molecule has 0 saturated carbocycles. The molecular weight excluding hydrogens is 402 g/mol. The van der Waals surface area contributed by atoms with Gasteiger partial charge in [0, 0.05) is 24.7 Å². The van der Waals surface area contributed by atoms with Crippen molar-refractivity contribution >= 4 is 40.9 Å². The van der Waals surface area contributed by atoms with Crippen molar-refractivity contribution in [1.29, 1.82) is 0 Å². The number of hydrogen-bond donors (Lipinski definition) is 4. The van der Waals surface area contributed by atoms with Crippen LogP contribution in [0.25, 0.3) is 0 Å². The van der Waals surface area contributed by atoms with E-state index in [9.17, 15) is 9.59 Å². The summed E-state index contributed by atoms with van der Waals surface area (Å²) in [5.41, 5.74) is 3.86. The molecule has 1 aromatic rings. The third kappa shape index (κ3) is 4.55. The minimum absolute atomic E-state index is 0.0232. The first-order valence-corrected chi connectivity index (χ1v) is 10.9. The summed E-state index contributed by atoms with van der Waals surface area (Å²) in [6.07, 6.45) is 1.97. The smallest absolute Gasteiger partial charge is 0.230 e. The lowest BCUT2D eigenvalue weighted by Crippen LogP contribution is -2.63. The Morgan fingerprint density at radius 2 is 2.18 bits per heavy atom. The number of nitrogens with one attached hydrogen (secondary N) is 4. The van der Waals surface area contributed by atoms with Gasteiger partial charge in [0.2, 0.25) is 11.8 Å². The number of hydrazine groups is 1. The summed E-state index contributed by atoms with van der Waals surface area (Å²) in [4.78, 5) is 24.6. The molecule has 4 N–H and O–H groups in total. The number of amides is 2. The van der Waals surface area contributed by atoms with Gasteiger partial charge in [0.05, 0.1) is 23.5 Å². The number of anilines is 1. The van der Waals surface area contributed by atoms with Crippen molar-refractivity contribution in [3.05, 3.63) is 29.3 Å². The lowest BCUT2D eigenvalue weighted by molar-refractivity contribution is -0.127. The van der Waals surface area contributed by atoms with Crippen LogP contribution < -0.4 is 26.4 Å². The van der Waals surface area contributed by atoms with Crippen LogP contribution >= 0.6 is 23.4 Å². The zero-order valence-corrected chi connectivity index (χ0v) is 16.9. The van der Waals surface area contributed by atoms with E-state index in [0.29, 0.717) is 18.1 Å². The molecule has 0 aliphatic carbocycles. The van der Waals surface area contributed by atoms with Crippen LogP contribution in [0.5, 0.6) is 0 Å². The summed E-state index contributed by atoms with van der Waals surface area (Å²) < 4.78 is 5.51. The fourth-order valence-electron chi connectivity index (χ4n) is 3.63. The molecule has 3 fully saturated rings. The van der Waals surface area contributed by atoms with E-state index in [1.807, 2.05) is 29.3 Å². The summed E-state index contributed by atoms with van der Waals surface area (Å²) >= 11 is 7.34. The van der Waals surface area contributed by atoms with Crippen molar-refractivity contribution in [2.75, 3.05) is 30.5 Å². The van der Waals surface area contributed by atoms with Crippen molar-refractivity contribution in [2.45, 2.75) is 30.6 Å². The molecule has 152 valence electrons. The molecule has 8 nitrogen and oxygen atoms in total. The molecule has 3 aliphatic heterocycles. The maximum Gasteiger partial charge on any atom is 0.230 e. The van der Waals surface area contributed by atoms with Crippen LogP contribution in [0.4, 0.5) is 5.69 Å². The van der Waals surface area contributed by atoms with Crippen LogP contribution in [-0.4, -0.2) is 55.0 Å². The first kappa shape index (κ1) is 19.8. The Bertz CT molecular complexity index is 716. The topological polar surface area (TPSA) is 94.7 Å². The predicted molar refractivity (Wildman–Crippen MR) is 109 cm³/mol. The van der Waals surface area contributed by atoms with Crippen molar-refractivity contribution in [2.24, 2.45) is 5.92 Å². The van der Waals surface area contributed by atoms with E-state index in [-0.39, 0.29) is 41.3 Å². The zero-order valence-electron chi connectivity index (χ0n) is 15.3. The molecule has 3 heterocycles. The summed E-state index contributed by atoms with van der Waals surface area (Å²) in [5, 5.41) is 11.9. The minimum Gasteiger partial charge on any atom is -0.376 e. The highest BCUT2D eigenvalue weighted by molar-refractivity contribution is 8.00. The van der Waals surface area contributed by atoms with Crippen LogP contribution in [0, 0.1) is 5.92 Å². The molecule has 0 spiro atoms. The fourth-order valence-corrected chi connectivity index (χ4v) is 4.61. The first-order valence-electron chi connectivity index (χ1n) is 9.45. The molecule has 10 heteroatoms. The molecule has 4 unspecified atom stereocenters. The number of carbonyl (C=O) groups is 2. The Labute approximate surface area is 173 Å². The van der Waals surface area contributed by atoms with E-state index < -0.39 is 0 Å². The van der Waals surface area contributed by atoms with E-state index in [2.05, 4.69) is 21.4 Å². The number of rotatable bonds is 6. The summed E-state index contributed by atoms with van der Waals surface area (Å²) in [7, 11) is 0. The summed E-state index contributed by atoms with van der Waals surface area (Å²) in [5.74, 6) is -0.0280. The molecule has 0 aromatic heterocycles. The van der Waals surface area contributed by atoms with Gasteiger partial charge in [-0.1, -0.05) is 11.6 Å². The van der Waals surface area contributed by atoms with E-state index >= 15 is 0 Å². The van der Waals surface area contributed by atoms with Crippen molar-refractivity contribution < 1.29 is 14.3 Å². The monoisotopic (exact) mass is 425 g/mol. The number of hydrogen-bond acceptors (Lipinski definition) is 7. The van der Waals surface area contributed by atoms with Crippen LogP contribution in [-0.2, 0) is 14.3 Å². The average Bonchev–Trinajstić information content (AvgIpc) is 3.35. The normalized spacial score (nSPS) is 29.5. The van der Waals surface area contributed by atoms with E-state index in [1.54, 1.807) is 0 Å². The molecule has 1 aromatic carbocycles. The fraction of sp³-hybridized carbons (Fsp3) is 0.556. The van der Waals surface area contributed by atoms with Crippen molar-refractivity contribution in [3.8, 4) is 0 Å². The van der Waals surface area contributed by atoms with Crippen LogP contribution in [0.1, 0.15) is 12.8 Å². The zero-order chi connectivity index (χ0) is 19.5. The maximum atomic E-state index is 12.5. The second-order valence-corrected chi connectivity index (χ2v) is 8.60. The van der Waals surface area contributed by atoms with Gasteiger partial charge in [-0.05, 0) is 37.1 Å². The second-order valence-electron chi connectivity index (χ2n) is 7.07. The average molecular weight is 426 g/mol. The number of halogens is 1. The van der Waals surface area contributed by atoms with Crippen LogP contribution in [0.3, 0.4) is 0 Å². The number of nitrogens with zero attached hydrogens (tertiary/aromatic N) is 1. The molecule has 3 aliphatic rings. The van der Waals surface area contributed by atoms with Gasteiger partial charge in [-0.3, -0.25) is 19.9 Å². The Morgan fingerprint density at radius 3 is 2.93 bits per heavy atom. The SMILES string of the molecule is O=C(CSC1NC(=O)C2CNN(c3ccc(Cl)cc3)C2N1)NCC1CCCO1. The van der Waals surface area contributed by atoms with Gasteiger partial charge in [-0.15, -0.1) is 11.8 Å². The Morgan fingerprint density at radius 1 is 1.36 bits per heavy atom. The summed E-state index contributed by atoms with van der Waals surface area (Å²) in [6, 6.07) is 7.46. The molecule has 4 rings (SSSR count). The number of thioether (sulfide) groups is 1. The highest BCUT2D eigenvalue weighted by atomic mass is 35.5. The lowest BCUT2D eigenvalue weighted by atomic mass is 10.1. The Kier molecular flexibility index (Phi) is 6.27. The van der Waals surface area contributed by atoms with Crippen LogP contribution in [0.2, 0.25) is 5.02 Å². The Balaban J connectivity index is 1.30. The summed E-state index contributed by atoms with van der Waals surface area (Å²) in [6.45, 7) is 1.86. The number of fused-ring (bicyclic) bond motifs is 1. The van der Waals surface area contributed by atoms with Gasteiger partial charge in [0.15, 0.2) is 0 Å². The molecule has 0 bridgehead atoms. The molecule has 28 heavy (non-hydrogen) atoms. The second kappa shape index (κ2) is 8.87. The molecular formula is C18H24ClN5O3S. The van der Waals surface area contributed by atoms with Crippen molar-refractivity contribution in [3.63, 3.8) is 0 Å². The van der Waals surface area contributed by atoms with E-state index in [0.717, 1.165) is 25.1 Å². The van der Waals surface area contributed by atoms with Gasteiger partial charge in [0.1, 0.15) is 11.7 Å². The van der Waals surface area contributed by atoms with E-state index in [4.69, 9.17) is 16.3 Å². The highest BCUT2D eigenvalue weighted by Gasteiger charge is 2.44. The lowest BCUT2D eigenvalue weighted by Gasteiger charge is -2.37. The molecule has 3 saturated heterocycles. The first-order chi connectivity index (χ1) is 13.6. The molecule has 4 atom stereocenters. The molecule has 2 amide bonds. The molecule has 0 radical (unpaired) electrons. The standard InChI is InChI=1S/C18H24ClN5O3S/c19-11-3-5-12(6-4-11)24-16-14(9-21-24)17(26)23-18(22-16)28-10-15(25)20-8-13-2-1-7-27-13/h3-6,13-14,16,18,21-22H,1-2,7-10H2,(H,20,25)(H,23,26). The maximum absolute atomic E-state index is 12.5. The van der Waals surface area contributed by atoms with Crippen LogP contribution in [0.15, 0.2) is 24.3 Å².